The molecule has 0 saturated heterocycles. The van der Waals surface area contributed by atoms with Crippen molar-refractivity contribution in [2.75, 3.05) is 11.1 Å². The van der Waals surface area contributed by atoms with Crippen LogP contribution in [0.15, 0.2) is 48.8 Å². The van der Waals surface area contributed by atoms with E-state index in [4.69, 9.17) is 28.9 Å². The molecule has 122 valence electrons. The molecule has 0 aliphatic rings. The Hall–Kier alpha value is -2.08. The third kappa shape index (κ3) is 3.70. The van der Waals surface area contributed by atoms with Crippen molar-refractivity contribution in [1.29, 1.82) is 0 Å². The first-order valence-corrected chi connectivity index (χ1v) is 8.64. The SMILES string of the molecule is Nc1cc(-c2ccncc2)sc1NC(=O)Cc1c(Cl)cccc1Cl. The molecule has 7 heteroatoms. The molecule has 4 nitrogen and oxygen atoms in total. The predicted octanol–water partition coefficient (Wildman–Crippen LogP) is 4.88. The van der Waals surface area contributed by atoms with Crippen molar-refractivity contribution in [2.45, 2.75) is 6.42 Å². The van der Waals surface area contributed by atoms with E-state index in [-0.39, 0.29) is 12.3 Å². The lowest BCUT2D eigenvalue weighted by Crippen LogP contribution is -2.14. The lowest BCUT2D eigenvalue weighted by atomic mass is 10.1. The molecule has 1 aromatic carbocycles. The first-order valence-electron chi connectivity index (χ1n) is 7.07. The van der Waals surface area contributed by atoms with Gasteiger partial charge in [-0.15, -0.1) is 11.3 Å². The van der Waals surface area contributed by atoms with E-state index >= 15 is 0 Å². The van der Waals surface area contributed by atoms with Crippen LogP contribution in [0.4, 0.5) is 10.7 Å². The second-order valence-electron chi connectivity index (χ2n) is 5.06. The molecule has 0 spiro atoms. The van der Waals surface area contributed by atoms with Gasteiger partial charge < -0.3 is 11.1 Å². The minimum absolute atomic E-state index is 0.0838. The molecule has 0 fully saturated rings. The number of nitrogen functional groups attached to an aromatic ring is 1. The molecule has 24 heavy (non-hydrogen) atoms. The number of amides is 1. The number of thiophene rings is 1. The standard InChI is InChI=1S/C17H13Cl2N3OS/c18-12-2-1-3-13(19)11(12)8-16(23)22-17-14(20)9-15(24-17)10-4-6-21-7-5-10/h1-7,9H,8,20H2,(H,22,23). The number of anilines is 2. The fourth-order valence-electron chi connectivity index (χ4n) is 2.19. The molecule has 3 aromatic rings. The van der Waals surface area contributed by atoms with Crippen molar-refractivity contribution < 1.29 is 4.79 Å². The number of hydrogen-bond donors (Lipinski definition) is 2. The minimum atomic E-state index is -0.222. The smallest absolute Gasteiger partial charge is 0.229 e. The van der Waals surface area contributed by atoms with Gasteiger partial charge in [-0.2, -0.15) is 0 Å². The van der Waals surface area contributed by atoms with E-state index in [0.29, 0.717) is 26.3 Å². The van der Waals surface area contributed by atoms with Gasteiger partial charge in [-0.1, -0.05) is 29.3 Å². The van der Waals surface area contributed by atoms with E-state index in [1.165, 1.54) is 11.3 Å². The molecule has 0 aliphatic heterocycles. The highest BCUT2D eigenvalue weighted by Gasteiger charge is 2.14. The second-order valence-corrected chi connectivity index (χ2v) is 6.92. The first kappa shape index (κ1) is 16.8. The minimum Gasteiger partial charge on any atom is -0.396 e. The van der Waals surface area contributed by atoms with Crippen LogP contribution in [-0.4, -0.2) is 10.9 Å². The van der Waals surface area contributed by atoms with Gasteiger partial charge in [0.2, 0.25) is 5.91 Å². The number of benzene rings is 1. The van der Waals surface area contributed by atoms with Crippen LogP contribution in [0, 0.1) is 0 Å². The Morgan fingerprint density at radius 1 is 1.17 bits per heavy atom. The average Bonchev–Trinajstić information content (AvgIpc) is 2.93. The Kier molecular flexibility index (Phi) is 5.04. The summed E-state index contributed by atoms with van der Waals surface area (Å²) < 4.78 is 0. The maximum Gasteiger partial charge on any atom is 0.229 e. The fraction of sp³-hybridized carbons (Fsp3) is 0.0588. The summed E-state index contributed by atoms with van der Waals surface area (Å²) in [4.78, 5) is 17.2. The fourth-order valence-corrected chi connectivity index (χ4v) is 3.73. The third-order valence-corrected chi connectivity index (χ3v) is 5.20. The first-order chi connectivity index (χ1) is 11.5. The average molecular weight is 378 g/mol. The van der Waals surface area contributed by atoms with Crippen LogP contribution < -0.4 is 11.1 Å². The molecule has 0 atom stereocenters. The van der Waals surface area contributed by atoms with Crippen molar-refractivity contribution in [1.82, 2.24) is 4.98 Å². The molecular formula is C17H13Cl2N3OS. The number of carbonyl (C=O) groups is 1. The van der Waals surface area contributed by atoms with Crippen LogP contribution in [0.1, 0.15) is 5.56 Å². The van der Waals surface area contributed by atoms with Crippen LogP contribution in [0.5, 0.6) is 0 Å². The monoisotopic (exact) mass is 377 g/mol. The van der Waals surface area contributed by atoms with E-state index in [2.05, 4.69) is 10.3 Å². The molecular weight excluding hydrogens is 365 g/mol. The van der Waals surface area contributed by atoms with Crippen molar-refractivity contribution in [3.63, 3.8) is 0 Å². The zero-order valence-electron chi connectivity index (χ0n) is 12.4. The van der Waals surface area contributed by atoms with Gasteiger partial charge in [0, 0.05) is 27.3 Å². The summed E-state index contributed by atoms with van der Waals surface area (Å²) in [5.41, 5.74) is 8.12. The van der Waals surface area contributed by atoms with Crippen LogP contribution in [0.2, 0.25) is 10.0 Å². The molecule has 3 N–H and O–H groups in total. The van der Waals surface area contributed by atoms with Gasteiger partial charge in [0.05, 0.1) is 12.1 Å². The predicted molar refractivity (Wildman–Crippen MR) is 101 cm³/mol. The normalized spacial score (nSPS) is 10.6. The lowest BCUT2D eigenvalue weighted by Gasteiger charge is -2.07. The van der Waals surface area contributed by atoms with E-state index in [9.17, 15) is 4.79 Å². The van der Waals surface area contributed by atoms with Crippen molar-refractivity contribution in [2.24, 2.45) is 0 Å². The Bertz CT molecular complexity index is 861. The Morgan fingerprint density at radius 3 is 2.50 bits per heavy atom. The lowest BCUT2D eigenvalue weighted by molar-refractivity contribution is -0.115. The van der Waals surface area contributed by atoms with Gasteiger partial charge in [0.1, 0.15) is 5.00 Å². The summed E-state index contributed by atoms with van der Waals surface area (Å²) in [7, 11) is 0. The van der Waals surface area contributed by atoms with Gasteiger partial charge >= 0.3 is 0 Å². The summed E-state index contributed by atoms with van der Waals surface area (Å²) in [5, 5.41) is 4.37. The molecule has 0 saturated carbocycles. The zero-order chi connectivity index (χ0) is 17.1. The molecule has 2 heterocycles. The van der Waals surface area contributed by atoms with Crippen LogP contribution in [0.25, 0.3) is 10.4 Å². The summed E-state index contributed by atoms with van der Waals surface area (Å²) in [5.74, 6) is -0.222. The Balaban J connectivity index is 1.77. The maximum atomic E-state index is 12.3. The number of nitrogens with zero attached hydrogens (tertiary/aromatic N) is 1. The number of nitrogens with one attached hydrogen (secondary N) is 1. The van der Waals surface area contributed by atoms with Gasteiger partial charge in [0.25, 0.3) is 0 Å². The highest BCUT2D eigenvalue weighted by Crippen LogP contribution is 2.37. The number of carbonyl (C=O) groups excluding carboxylic acids is 1. The largest absolute Gasteiger partial charge is 0.396 e. The number of hydrogen-bond acceptors (Lipinski definition) is 4. The summed E-state index contributed by atoms with van der Waals surface area (Å²) in [6.07, 6.45) is 3.51. The second kappa shape index (κ2) is 7.21. The molecule has 1 amide bonds. The van der Waals surface area contributed by atoms with E-state index in [1.54, 1.807) is 30.6 Å². The molecule has 0 aliphatic carbocycles. The molecule has 0 bridgehead atoms. The highest BCUT2D eigenvalue weighted by atomic mass is 35.5. The Labute approximate surface area is 153 Å². The van der Waals surface area contributed by atoms with Crippen molar-refractivity contribution >= 4 is 51.1 Å². The summed E-state index contributed by atoms with van der Waals surface area (Å²) >= 11 is 13.6. The number of pyridine rings is 1. The van der Waals surface area contributed by atoms with Crippen molar-refractivity contribution in [3.8, 4) is 10.4 Å². The van der Waals surface area contributed by atoms with E-state index in [1.807, 2.05) is 18.2 Å². The van der Waals surface area contributed by atoms with Gasteiger partial charge in [0.15, 0.2) is 0 Å². The maximum absolute atomic E-state index is 12.3. The van der Waals surface area contributed by atoms with Crippen LogP contribution in [-0.2, 0) is 11.2 Å². The van der Waals surface area contributed by atoms with Crippen LogP contribution >= 0.6 is 34.5 Å². The summed E-state index contributed by atoms with van der Waals surface area (Å²) in [6, 6.07) is 10.8. The third-order valence-electron chi connectivity index (χ3n) is 3.38. The van der Waals surface area contributed by atoms with E-state index in [0.717, 1.165) is 10.4 Å². The topological polar surface area (TPSA) is 68.0 Å². The zero-order valence-corrected chi connectivity index (χ0v) is 14.8. The quantitative estimate of drug-likeness (QED) is 0.680. The molecule has 0 unspecified atom stereocenters. The number of aromatic nitrogens is 1. The highest BCUT2D eigenvalue weighted by molar-refractivity contribution is 7.20. The van der Waals surface area contributed by atoms with Crippen LogP contribution in [0.3, 0.4) is 0 Å². The Morgan fingerprint density at radius 2 is 1.83 bits per heavy atom. The molecule has 3 rings (SSSR count). The van der Waals surface area contributed by atoms with Crippen molar-refractivity contribution in [3.05, 3.63) is 64.4 Å². The van der Waals surface area contributed by atoms with Gasteiger partial charge in [-0.25, -0.2) is 0 Å². The van der Waals surface area contributed by atoms with E-state index < -0.39 is 0 Å². The molecule has 2 aromatic heterocycles. The number of nitrogens with two attached hydrogens (primary N) is 1. The number of rotatable bonds is 4. The summed E-state index contributed by atoms with van der Waals surface area (Å²) in [6.45, 7) is 0. The number of halogens is 2. The molecule has 0 radical (unpaired) electrons. The van der Waals surface area contributed by atoms with Gasteiger partial charge in [-0.05, 0) is 41.5 Å². The van der Waals surface area contributed by atoms with Gasteiger partial charge in [-0.3, -0.25) is 9.78 Å².